The van der Waals surface area contributed by atoms with E-state index in [1.165, 1.54) is 0 Å². The Morgan fingerprint density at radius 3 is 2.89 bits per heavy atom. The molecule has 0 saturated heterocycles. The third-order valence-corrected chi connectivity index (χ3v) is 2.52. The average Bonchev–Trinajstić information content (AvgIpc) is 2.77. The molecule has 2 heterocycles. The fourth-order valence-corrected chi connectivity index (χ4v) is 1.66. The summed E-state index contributed by atoms with van der Waals surface area (Å²) in [6.45, 7) is 8.11. The van der Waals surface area contributed by atoms with Crippen LogP contribution in [0, 0.1) is 12.8 Å². The predicted octanol–water partition coefficient (Wildman–Crippen LogP) is 1.72. The van der Waals surface area contributed by atoms with Crippen molar-refractivity contribution in [3.05, 3.63) is 35.9 Å². The van der Waals surface area contributed by atoms with E-state index in [-0.39, 0.29) is 0 Å². The lowest BCUT2D eigenvalue weighted by Gasteiger charge is -2.04. The molecule has 1 N–H and O–H groups in total. The van der Waals surface area contributed by atoms with Gasteiger partial charge in [0.1, 0.15) is 0 Å². The molecule has 18 heavy (non-hydrogen) atoms. The van der Waals surface area contributed by atoms with Gasteiger partial charge in [-0.05, 0) is 31.0 Å². The second-order valence-electron chi connectivity index (χ2n) is 4.90. The molecule has 0 aliphatic heterocycles. The first kappa shape index (κ1) is 12.7. The SMILES string of the molecule is Cc1cncc(-n2cc(CNCC(C)C)nn2)c1. The summed E-state index contributed by atoms with van der Waals surface area (Å²) >= 11 is 0. The number of aryl methyl sites for hydroxylation is 1. The van der Waals surface area contributed by atoms with Crippen molar-refractivity contribution in [1.29, 1.82) is 0 Å². The highest BCUT2D eigenvalue weighted by Gasteiger charge is 2.03. The Bertz CT molecular complexity index is 504. The van der Waals surface area contributed by atoms with Gasteiger partial charge in [0.2, 0.25) is 0 Å². The number of aromatic nitrogens is 4. The van der Waals surface area contributed by atoms with Crippen molar-refractivity contribution in [1.82, 2.24) is 25.3 Å². The van der Waals surface area contributed by atoms with Crippen LogP contribution in [0.25, 0.3) is 5.69 Å². The fourth-order valence-electron chi connectivity index (χ4n) is 1.66. The first-order valence-corrected chi connectivity index (χ1v) is 6.19. The van der Waals surface area contributed by atoms with E-state index in [2.05, 4.69) is 34.5 Å². The minimum Gasteiger partial charge on any atom is -0.311 e. The number of nitrogens with zero attached hydrogens (tertiary/aromatic N) is 4. The molecule has 5 nitrogen and oxygen atoms in total. The van der Waals surface area contributed by atoms with E-state index in [0.29, 0.717) is 5.92 Å². The van der Waals surface area contributed by atoms with Crippen LogP contribution >= 0.6 is 0 Å². The van der Waals surface area contributed by atoms with Crippen molar-refractivity contribution in [2.24, 2.45) is 5.92 Å². The van der Waals surface area contributed by atoms with Crippen molar-refractivity contribution < 1.29 is 0 Å². The molecular weight excluding hydrogens is 226 g/mol. The molecule has 0 fully saturated rings. The van der Waals surface area contributed by atoms with Crippen molar-refractivity contribution in [2.45, 2.75) is 27.3 Å². The minimum absolute atomic E-state index is 0.640. The quantitative estimate of drug-likeness (QED) is 0.871. The van der Waals surface area contributed by atoms with E-state index < -0.39 is 0 Å². The summed E-state index contributed by atoms with van der Waals surface area (Å²) in [5.74, 6) is 0.640. The first-order chi connectivity index (χ1) is 8.65. The zero-order valence-electron chi connectivity index (χ0n) is 11.1. The van der Waals surface area contributed by atoms with Crippen LogP contribution in [0.3, 0.4) is 0 Å². The van der Waals surface area contributed by atoms with Gasteiger partial charge >= 0.3 is 0 Å². The van der Waals surface area contributed by atoms with E-state index in [9.17, 15) is 0 Å². The monoisotopic (exact) mass is 245 g/mol. The molecule has 0 aliphatic carbocycles. The van der Waals surface area contributed by atoms with Crippen molar-refractivity contribution >= 4 is 0 Å². The Balaban J connectivity index is 2.02. The molecular formula is C13H19N5. The number of pyridine rings is 1. The summed E-state index contributed by atoms with van der Waals surface area (Å²) in [4.78, 5) is 4.15. The maximum Gasteiger partial charge on any atom is 0.0969 e. The molecule has 2 aromatic heterocycles. The molecule has 0 spiro atoms. The molecule has 2 rings (SSSR count). The van der Waals surface area contributed by atoms with Gasteiger partial charge in [0.05, 0.1) is 23.8 Å². The lowest BCUT2D eigenvalue weighted by Crippen LogP contribution is -2.19. The van der Waals surface area contributed by atoms with Crippen LogP contribution in [0.5, 0.6) is 0 Å². The highest BCUT2D eigenvalue weighted by atomic mass is 15.4. The topological polar surface area (TPSA) is 55.6 Å². The summed E-state index contributed by atoms with van der Waals surface area (Å²) in [6, 6.07) is 2.03. The first-order valence-electron chi connectivity index (χ1n) is 6.19. The van der Waals surface area contributed by atoms with E-state index in [1.54, 1.807) is 10.9 Å². The molecule has 0 aromatic carbocycles. The van der Waals surface area contributed by atoms with E-state index in [4.69, 9.17) is 0 Å². The summed E-state index contributed by atoms with van der Waals surface area (Å²) in [5.41, 5.74) is 3.00. The second-order valence-corrected chi connectivity index (χ2v) is 4.90. The van der Waals surface area contributed by atoms with Crippen LogP contribution in [0.1, 0.15) is 25.1 Å². The standard InChI is InChI=1S/C13H19N5/c1-10(2)5-14-7-12-9-18(17-16-12)13-4-11(3)6-15-8-13/h4,6,8-10,14H,5,7H2,1-3H3. The second kappa shape index (κ2) is 5.73. The number of hydrogen-bond acceptors (Lipinski definition) is 4. The summed E-state index contributed by atoms with van der Waals surface area (Å²) in [7, 11) is 0. The Kier molecular flexibility index (Phi) is 4.04. The van der Waals surface area contributed by atoms with Gasteiger partial charge in [-0.1, -0.05) is 19.1 Å². The van der Waals surface area contributed by atoms with Crippen molar-refractivity contribution in [2.75, 3.05) is 6.54 Å². The van der Waals surface area contributed by atoms with E-state index >= 15 is 0 Å². The van der Waals surface area contributed by atoms with E-state index in [1.807, 2.05) is 25.4 Å². The van der Waals surface area contributed by atoms with Gasteiger partial charge < -0.3 is 5.32 Å². The molecule has 0 saturated carbocycles. The van der Waals surface area contributed by atoms with Gasteiger partial charge in [0.15, 0.2) is 0 Å². The lowest BCUT2D eigenvalue weighted by molar-refractivity contribution is 0.548. The highest BCUT2D eigenvalue weighted by Crippen LogP contribution is 2.07. The number of nitrogens with one attached hydrogen (secondary N) is 1. The van der Waals surface area contributed by atoms with Gasteiger partial charge in [-0.25, -0.2) is 4.68 Å². The fraction of sp³-hybridized carbons (Fsp3) is 0.462. The van der Waals surface area contributed by atoms with Crippen LogP contribution < -0.4 is 5.32 Å². The van der Waals surface area contributed by atoms with Gasteiger partial charge in [-0.15, -0.1) is 5.10 Å². The van der Waals surface area contributed by atoms with Crippen molar-refractivity contribution in [3.8, 4) is 5.69 Å². The number of rotatable bonds is 5. The third-order valence-electron chi connectivity index (χ3n) is 2.52. The Morgan fingerprint density at radius 1 is 1.33 bits per heavy atom. The van der Waals surface area contributed by atoms with Gasteiger partial charge in [0, 0.05) is 12.7 Å². The molecule has 0 aliphatic rings. The largest absolute Gasteiger partial charge is 0.311 e. The molecule has 96 valence electrons. The highest BCUT2D eigenvalue weighted by molar-refractivity contribution is 5.30. The van der Waals surface area contributed by atoms with Gasteiger partial charge in [-0.3, -0.25) is 4.98 Å². The Labute approximate surface area is 107 Å². The molecule has 0 unspecified atom stereocenters. The predicted molar refractivity (Wildman–Crippen MR) is 70.4 cm³/mol. The van der Waals surface area contributed by atoms with Crippen LogP contribution in [-0.4, -0.2) is 26.5 Å². The summed E-state index contributed by atoms with van der Waals surface area (Å²) < 4.78 is 1.76. The molecule has 0 amide bonds. The molecule has 0 atom stereocenters. The smallest absolute Gasteiger partial charge is 0.0969 e. The summed E-state index contributed by atoms with van der Waals surface area (Å²) in [5, 5.41) is 11.6. The average molecular weight is 245 g/mol. The Morgan fingerprint density at radius 2 is 2.17 bits per heavy atom. The Hall–Kier alpha value is -1.75. The van der Waals surface area contributed by atoms with Crippen LogP contribution in [0.2, 0.25) is 0 Å². The van der Waals surface area contributed by atoms with Crippen LogP contribution in [-0.2, 0) is 6.54 Å². The minimum atomic E-state index is 0.640. The van der Waals surface area contributed by atoms with Crippen LogP contribution in [0.15, 0.2) is 24.7 Å². The number of hydrogen-bond donors (Lipinski definition) is 1. The molecule has 2 aromatic rings. The van der Waals surface area contributed by atoms with Crippen molar-refractivity contribution in [3.63, 3.8) is 0 Å². The van der Waals surface area contributed by atoms with Crippen LogP contribution in [0.4, 0.5) is 0 Å². The van der Waals surface area contributed by atoms with E-state index in [0.717, 1.165) is 30.0 Å². The zero-order chi connectivity index (χ0) is 13.0. The van der Waals surface area contributed by atoms with Gasteiger partial charge in [-0.2, -0.15) is 0 Å². The molecule has 0 bridgehead atoms. The third kappa shape index (κ3) is 3.37. The lowest BCUT2D eigenvalue weighted by atomic mass is 10.2. The summed E-state index contributed by atoms with van der Waals surface area (Å²) in [6.07, 6.45) is 5.54. The van der Waals surface area contributed by atoms with Gasteiger partial charge in [0.25, 0.3) is 0 Å². The maximum atomic E-state index is 4.15. The normalized spacial score (nSPS) is 11.1. The maximum absolute atomic E-state index is 4.15. The zero-order valence-corrected chi connectivity index (χ0v) is 11.1. The molecule has 5 heteroatoms. The molecule has 0 radical (unpaired) electrons.